The highest BCUT2D eigenvalue weighted by Gasteiger charge is 2.37. The van der Waals surface area contributed by atoms with E-state index in [0.29, 0.717) is 10.6 Å². The molecule has 1 heterocycles. The molecule has 25 heavy (non-hydrogen) atoms. The Hall–Kier alpha value is -2.17. The van der Waals surface area contributed by atoms with Crippen LogP contribution in [0.1, 0.15) is 31.0 Å². The van der Waals surface area contributed by atoms with Gasteiger partial charge in [-0.2, -0.15) is 0 Å². The van der Waals surface area contributed by atoms with Crippen molar-refractivity contribution < 1.29 is 9.18 Å². The van der Waals surface area contributed by atoms with Gasteiger partial charge in [-0.15, -0.1) is 0 Å². The summed E-state index contributed by atoms with van der Waals surface area (Å²) < 4.78 is 14.3. The second-order valence-corrected chi connectivity index (χ2v) is 7.26. The average Bonchev–Trinajstić information content (AvgIpc) is 3.01. The van der Waals surface area contributed by atoms with Crippen LogP contribution in [-0.2, 0) is 4.79 Å². The maximum atomic E-state index is 14.3. The highest BCUT2D eigenvalue weighted by Crippen LogP contribution is 2.37. The Morgan fingerprint density at radius 3 is 2.56 bits per heavy atom. The molecule has 0 aliphatic carbocycles. The molecule has 1 unspecified atom stereocenters. The molecule has 1 amide bonds. The summed E-state index contributed by atoms with van der Waals surface area (Å²) in [7, 11) is 0. The number of carbonyl (C=O) groups excluding carboxylic acids is 1. The first-order chi connectivity index (χ1) is 11.8. The van der Waals surface area contributed by atoms with Gasteiger partial charge in [0.05, 0.1) is 11.6 Å². The summed E-state index contributed by atoms with van der Waals surface area (Å²) >= 11 is 6.03. The SMILES string of the molecule is CC(C)(N)C(=O)N1CC(c2cc(Cl)ccc2F)=CC1c1ccccc1. The van der Waals surface area contributed by atoms with Crippen molar-refractivity contribution in [2.45, 2.75) is 25.4 Å². The van der Waals surface area contributed by atoms with Gasteiger partial charge in [0.15, 0.2) is 0 Å². The molecule has 1 aliphatic heterocycles. The van der Waals surface area contributed by atoms with E-state index in [-0.39, 0.29) is 24.3 Å². The van der Waals surface area contributed by atoms with Crippen LogP contribution in [0.15, 0.2) is 54.6 Å². The van der Waals surface area contributed by atoms with Crippen molar-refractivity contribution in [3.8, 4) is 0 Å². The summed E-state index contributed by atoms with van der Waals surface area (Å²) in [5.74, 6) is -0.543. The predicted molar refractivity (Wildman–Crippen MR) is 98.5 cm³/mol. The summed E-state index contributed by atoms with van der Waals surface area (Å²) in [5.41, 5.74) is 7.12. The van der Waals surface area contributed by atoms with Crippen LogP contribution in [0.25, 0.3) is 5.57 Å². The van der Waals surface area contributed by atoms with E-state index in [1.165, 1.54) is 12.1 Å². The first-order valence-corrected chi connectivity index (χ1v) is 8.46. The lowest BCUT2D eigenvalue weighted by Gasteiger charge is -2.31. The van der Waals surface area contributed by atoms with Gasteiger partial charge in [-0.05, 0) is 43.2 Å². The molecule has 2 aromatic rings. The minimum Gasteiger partial charge on any atom is -0.326 e. The number of benzene rings is 2. The molecule has 0 fully saturated rings. The normalized spacial score (nSPS) is 17.6. The molecule has 0 saturated carbocycles. The third kappa shape index (κ3) is 3.60. The summed E-state index contributed by atoms with van der Waals surface area (Å²) in [5, 5.41) is 0.456. The molecule has 130 valence electrons. The van der Waals surface area contributed by atoms with Gasteiger partial charge in [-0.1, -0.05) is 48.0 Å². The van der Waals surface area contributed by atoms with Crippen LogP contribution < -0.4 is 5.73 Å². The molecule has 1 aliphatic rings. The van der Waals surface area contributed by atoms with Gasteiger partial charge in [-0.3, -0.25) is 4.79 Å². The first-order valence-electron chi connectivity index (χ1n) is 8.08. The zero-order valence-corrected chi connectivity index (χ0v) is 14.9. The molecule has 5 heteroatoms. The van der Waals surface area contributed by atoms with Crippen LogP contribution >= 0.6 is 11.6 Å². The third-order valence-electron chi connectivity index (χ3n) is 4.26. The Kier molecular flexibility index (Phi) is 4.67. The maximum absolute atomic E-state index is 14.3. The number of rotatable bonds is 3. The molecule has 2 aromatic carbocycles. The molecule has 0 bridgehead atoms. The van der Waals surface area contributed by atoms with Crippen molar-refractivity contribution >= 4 is 23.1 Å². The van der Waals surface area contributed by atoms with Gasteiger partial charge in [0.1, 0.15) is 5.82 Å². The maximum Gasteiger partial charge on any atom is 0.243 e. The van der Waals surface area contributed by atoms with Gasteiger partial charge < -0.3 is 10.6 Å². The number of nitrogens with two attached hydrogens (primary N) is 1. The molecular formula is C20H20ClFN2O. The minimum atomic E-state index is -1.01. The first kappa shape index (κ1) is 17.6. The second-order valence-electron chi connectivity index (χ2n) is 6.83. The van der Waals surface area contributed by atoms with Gasteiger partial charge in [0.2, 0.25) is 5.91 Å². The van der Waals surface area contributed by atoms with Crippen molar-refractivity contribution in [2.24, 2.45) is 5.73 Å². The number of hydrogen-bond donors (Lipinski definition) is 1. The van der Waals surface area contributed by atoms with Crippen LogP contribution in [0.2, 0.25) is 5.02 Å². The molecule has 3 rings (SSSR count). The van der Waals surface area contributed by atoms with Crippen LogP contribution in [0.3, 0.4) is 0 Å². The van der Waals surface area contributed by atoms with E-state index in [4.69, 9.17) is 17.3 Å². The van der Waals surface area contributed by atoms with Gasteiger partial charge in [0.25, 0.3) is 0 Å². The van der Waals surface area contributed by atoms with Gasteiger partial charge in [-0.25, -0.2) is 4.39 Å². The number of hydrogen-bond acceptors (Lipinski definition) is 2. The number of carbonyl (C=O) groups is 1. The molecule has 3 nitrogen and oxygen atoms in total. The van der Waals surface area contributed by atoms with Gasteiger partial charge in [0, 0.05) is 17.1 Å². The molecular weight excluding hydrogens is 339 g/mol. The van der Waals surface area contributed by atoms with E-state index >= 15 is 0 Å². The van der Waals surface area contributed by atoms with E-state index < -0.39 is 5.54 Å². The molecule has 1 atom stereocenters. The minimum absolute atomic E-state index is 0.185. The molecule has 0 radical (unpaired) electrons. The van der Waals surface area contributed by atoms with Crippen LogP contribution in [0, 0.1) is 5.82 Å². The van der Waals surface area contributed by atoms with E-state index in [1.807, 2.05) is 36.4 Å². The fourth-order valence-corrected chi connectivity index (χ4v) is 3.20. The van der Waals surface area contributed by atoms with Crippen molar-refractivity contribution in [1.29, 1.82) is 0 Å². The topological polar surface area (TPSA) is 46.3 Å². The van der Waals surface area contributed by atoms with E-state index in [1.54, 1.807) is 24.8 Å². The Morgan fingerprint density at radius 2 is 1.92 bits per heavy atom. The Morgan fingerprint density at radius 1 is 1.24 bits per heavy atom. The zero-order valence-electron chi connectivity index (χ0n) is 14.2. The highest BCUT2D eigenvalue weighted by atomic mass is 35.5. The number of halogens is 2. The summed E-state index contributed by atoms with van der Waals surface area (Å²) in [4.78, 5) is 14.5. The quantitative estimate of drug-likeness (QED) is 0.894. The lowest BCUT2D eigenvalue weighted by Crippen LogP contribution is -2.51. The lowest BCUT2D eigenvalue weighted by atomic mass is 10.0. The standard InChI is InChI=1S/C20H20ClFN2O/c1-20(2,23)19(25)24-12-14(16-11-15(21)8-9-17(16)22)10-18(24)13-6-4-3-5-7-13/h3-11,18H,12,23H2,1-2H3. The van der Waals surface area contributed by atoms with Crippen molar-refractivity contribution in [1.82, 2.24) is 4.90 Å². The van der Waals surface area contributed by atoms with E-state index in [2.05, 4.69) is 0 Å². The monoisotopic (exact) mass is 358 g/mol. The van der Waals surface area contributed by atoms with E-state index in [9.17, 15) is 9.18 Å². The van der Waals surface area contributed by atoms with Crippen LogP contribution in [0.5, 0.6) is 0 Å². The summed E-state index contributed by atoms with van der Waals surface area (Å²) in [6.45, 7) is 3.64. The molecule has 0 saturated heterocycles. The molecule has 0 aromatic heterocycles. The highest BCUT2D eigenvalue weighted by molar-refractivity contribution is 6.30. The van der Waals surface area contributed by atoms with Crippen molar-refractivity contribution in [3.63, 3.8) is 0 Å². The zero-order chi connectivity index (χ0) is 18.2. The Balaban J connectivity index is 2.05. The van der Waals surface area contributed by atoms with Crippen molar-refractivity contribution in [2.75, 3.05) is 6.54 Å². The largest absolute Gasteiger partial charge is 0.326 e. The van der Waals surface area contributed by atoms with Gasteiger partial charge >= 0.3 is 0 Å². The molecule has 2 N–H and O–H groups in total. The Bertz CT molecular complexity index is 827. The number of nitrogens with zero attached hydrogens (tertiary/aromatic N) is 1. The lowest BCUT2D eigenvalue weighted by molar-refractivity contribution is -0.136. The Labute approximate surface area is 151 Å². The summed E-state index contributed by atoms with van der Waals surface area (Å²) in [6.07, 6.45) is 1.91. The average molecular weight is 359 g/mol. The van der Waals surface area contributed by atoms with Crippen LogP contribution in [0.4, 0.5) is 4.39 Å². The fraction of sp³-hybridized carbons (Fsp3) is 0.250. The third-order valence-corrected chi connectivity index (χ3v) is 4.50. The van der Waals surface area contributed by atoms with Crippen LogP contribution in [-0.4, -0.2) is 22.9 Å². The van der Waals surface area contributed by atoms with Crippen molar-refractivity contribution in [3.05, 3.63) is 76.6 Å². The summed E-state index contributed by atoms with van der Waals surface area (Å²) in [6, 6.07) is 13.8. The molecule has 0 spiro atoms. The predicted octanol–water partition coefficient (Wildman–Crippen LogP) is 4.18. The van der Waals surface area contributed by atoms with E-state index in [0.717, 1.165) is 11.1 Å². The fourth-order valence-electron chi connectivity index (χ4n) is 3.03. The smallest absolute Gasteiger partial charge is 0.243 e. The number of amides is 1. The second kappa shape index (κ2) is 6.62.